The molecule has 0 saturated heterocycles. The molecule has 9 heteroatoms. The number of carbonyl (C=O) groups excluding carboxylic acids is 1. The molecule has 0 atom stereocenters. The number of aromatic nitrogens is 3. The van der Waals surface area contributed by atoms with Gasteiger partial charge in [-0.25, -0.2) is 4.79 Å². The van der Waals surface area contributed by atoms with Gasteiger partial charge in [0.05, 0.1) is 29.6 Å². The van der Waals surface area contributed by atoms with Crippen molar-refractivity contribution >= 4 is 29.3 Å². The van der Waals surface area contributed by atoms with Crippen LogP contribution in [0, 0.1) is 0 Å². The van der Waals surface area contributed by atoms with Crippen LogP contribution in [0.15, 0.2) is 55.1 Å². The topological polar surface area (TPSA) is 89.7 Å². The van der Waals surface area contributed by atoms with Crippen molar-refractivity contribution in [3.05, 3.63) is 71.9 Å². The summed E-state index contributed by atoms with van der Waals surface area (Å²) in [5, 5.41) is 12.0. The molecule has 184 valence electrons. The van der Waals surface area contributed by atoms with E-state index in [0.29, 0.717) is 40.1 Å². The van der Waals surface area contributed by atoms with Gasteiger partial charge in [-0.15, -0.1) is 12.4 Å². The summed E-state index contributed by atoms with van der Waals surface area (Å²) in [4.78, 5) is 23.4. The number of carbonyl (C=O) groups is 1. The average molecular weight is 497 g/mol. The van der Waals surface area contributed by atoms with Crippen molar-refractivity contribution in [2.24, 2.45) is 7.05 Å². The number of phenolic OH excluding ortho intramolecular Hbond substituents is 1. The molecule has 1 aromatic carbocycles. The quantitative estimate of drug-likeness (QED) is 0.357. The molecule has 0 aliphatic heterocycles. The average Bonchev–Trinajstić information content (AvgIpc) is 3.12. The van der Waals surface area contributed by atoms with E-state index in [1.54, 1.807) is 37.8 Å². The third-order valence-electron chi connectivity index (χ3n) is 5.62. The minimum absolute atomic E-state index is 0. The molecular formula is C26H29ClN4O4. The Morgan fingerprint density at radius 2 is 1.86 bits per heavy atom. The van der Waals surface area contributed by atoms with Crippen molar-refractivity contribution in [1.82, 2.24) is 19.4 Å². The molecule has 0 fully saturated rings. The minimum atomic E-state index is -0.452. The number of pyridine rings is 2. The molecule has 8 nitrogen and oxygen atoms in total. The number of phenols is 1. The van der Waals surface area contributed by atoms with E-state index in [1.807, 2.05) is 54.9 Å². The molecule has 35 heavy (non-hydrogen) atoms. The minimum Gasteiger partial charge on any atom is -0.507 e. The second kappa shape index (κ2) is 11.2. The highest BCUT2D eigenvalue weighted by Gasteiger charge is 2.28. The highest BCUT2D eigenvalue weighted by atomic mass is 35.5. The molecule has 0 radical (unpaired) electrons. The molecule has 0 amide bonds. The zero-order valence-corrected chi connectivity index (χ0v) is 21.0. The number of hydrogen-bond acceptors (Lipinski definition) is 7. The second-order valence-electron chi connectivity index (χ2n) is 8.20. The molecule has 4 rings (SSSR count). The van der Waals surface area contributed by atoms with Gasteiger partial charge in [-0.2, -0.15) is 0 Å². The Labute approximate surface area is 210 Å². The first-order chi connectivity index (χ1) is 16.4. The highest BCUT2D eigenvalue weighted by Crippen LogP contribution is 2.41. The van der Waals surface area contributed by atoms with E-state index < -0.39 is 5.97 Å². The second-order valence-corrected chi connectivity index (χ2v) is 8.20. The SMILES string of the molecule is CCOC(=O)c1c(COc2cccnc2)n(C)c2cc(-c3cccnc3)c(O)c(CN(C)C)c12.Cl. The first-order valence-corrected chi connectivity index (χ1v) is 11.0. The maximum absolute atomic E-state index is 13.2. The van der Waals surface area contributed by atoms with Crippen LogP contribution < -0.4 is 4.74 Å². The smallest absolute Gasteiger partial charge is 0.340 e. The number of benzene rings is 1. The normalized spacial score (nSPS) is 10.9. The van der Waals surface area contributed by atoms with E-state index in [4.69, 9.17) is 9.47 Å². The Bertz CT molecular complexity index is 1310. The predicted octanol–water partition coefficient (Wildman–Crippen LogP) is 4.58. The van der Waals surface area contributed by atoms with E-state index in [1.165, 1.54) is 0 Å². The molecule has 3 heterocycles. The van der Waals surface area contributed by atoms with Gasteiger partial charge in [-0.05, 0) is 45.3 Å². The van der Waals surface area contributed by atoms with E-state index in [2.05, 4.69) is 9.97 Å². The highest BCUT2D eigenvalue weighted by molar-refractivity contribution is 6.09. The summed E-state index contributed by atoms with van der Waals surface area (Å²) in [5.74, 6) is 0.256. The van der Waals surface area contributed by atoms with E-state index >= 15 is 0 Å². The zero-order valence-electron chi connectivity index (χ0n) is 20.2. The van der Waals surface area contributed by atoms with Gasteiger partial charge in [0.1, 0.15) is 18.1 Å². The van der Waals surface area contributed by atoms with Crippen LogP contribution in [0.25, 0.3) is 22.0 Å². The summed E-state index contributed by atoms with van der Waals surface area (Å²) in [6.45, 7) is 2.57. The predicted molar refractivity (Wildman–Crippen MR) is 137 cm³/mol. The van der Waals surface area contributed by atoms with E-state index in [9.17, 15) is 9.90 Å². The van der Waals surface area contributed by atoms with Crippen LogP contribution in [-0.4, -0.2) is 51.2 Å². The summed E-state index contributed by atoms with van der Waals surface area (Å²) in [6.07, 6.45) is 6.69. The van der Waals surface area contributed by atoms with Crippen molar-refractivity contribution in [1.29, 1.82) is 0 Å². The number of ether oxygens (including phenoxy) is 2. The van der Waals surface area contributed by atoms with Gasteiger partial charge in [-0.1, -0.05) is 6.07 Å². The van der Waals surface area contributed by atoms with Crippen LogP contribution in [-0.2, 0) is 24.9 Å². The number of fused-ring (bicyclic) bond motifs is 1. The maximum Gasteiger partial charge on any atom is 0.340 e. The van der Waals surface area contributed by atoms with Crippen molar-refractivity contribution in [3.63, 3.8) is 0 Å². The van der Waals surface area contributed by atoms with Crippen molar-refractivity contribution < 1.29 is 19.4 Å². The first kappa shape index (κ1) is 26.0. The number of hydrogen-bond donors (Lipinski definition) is 1. The Kier molecular flexibility index (Phi) is 8.32. The van der Waals surface area contributed by atoms with Gasteiger partial charge in [-0.3, -0.25) is 9.97 Å². The van der Waals surface area contributed by atoms with Crippen LogP contribution in [0.5, 0.6) is 11.5 Å². The Hall–Kier alpha value is -3.62. The lowest BCUT2D eigenvalue weighted by Gasteiger charge is -2.17. The fourth-order valence-electron chi connectivity index (χ4n) is 4.10. The van der Waals surface area contributed by atoms with Crippen LogP contribution in [0.3, 0.4) is 0 Å². The van der Waals surface area contributed by atoms with Crippen LogP contribution >= 0.6 is 12.4 Å². The number of aromatic hydroxyl groups is 1. The van der Waals surface area contributed by atoms with Gasteiger partial charge < -0.3 is 24.0 Å². The number of rotatable bonds is 8. The lowest BCUT2D eigenvalue weighted by molar-refractivity contribution is 0.0525. The summed E-state index contributed by atoms with van der Waals surface area (Å²) >= 11 is 0. The molecule has 0 aliphatic carbocycles. The molecule has 1 N–H and O–H groups in total. The van der Waals surface area contributed by atoms with Gasteiger partial charge in [0.25, 0.3) is 0 Å². The van der Waals surface area contributed by atoms with Crippen LogP contribution in [0.4, 0.5) is 0 Å². The number of aryl methyl sites for hydroxylation is 1. The standard InChI is InChI=1S/C26H28N4O4.ClH/c1-5-33-26(32)24-22(16-34-18-9-7-11-28-14-18)30(4)21-12-19(17-8-6-10-27-13-17)25(31)20(23(21)24)15-29(2)3;/h6-14,31H,5,15-16H2,1-4H3;1H. The number of halogens is 1. The van der Waals surface area contributed by atoms with Crippen LogP contribution in [0.2, 0.25) is 0 Å². The molecular weight excluding hydrogens is 468 g/mol. The summed E-state index contributed by atoms with van der Waals surface area (Å²) in [5.41, 5.74) is 3.92. The zero-order chi connectivity index (χ0) is 24.2. The maximum atomic E-state index is 13.2. The van der Waals surface area contributed by atoms with Gasteiger partial charge >= 0.3 is 5.97 Å². The molecule has 3 aromatic heterocycles. The van der Waals surface area contributed by atoms with Crippen molar-refractivity contribution in [2.45, 2.75) is 20.1 Å². The van der Waals surface area contributed by atoms with Gasteiger partial charge in [0, 0.05) is 54.3 Å². The third-order valence-corrected chi connectivity index (χ3v) is 5.62. The first-order valence-electron chi connectivity index (χ1n) is 11.0. The number of esters is 1. The third kappa shape index (κ3) is 5.23. The largest absolute Gasteiger partial charge is 0.507 e. The van der Waals surface area contributed by atoms with Crippen molar-refractivity contribution in [3.8, 4) is 22.6 Å². The summed E-state index contributed by atoms with van der Waals surface area (Å²) in [6, 6.07) is 9.21. The molecule has 0 unspecified atom stereocenters. The molecule has 0 bridgehead atoms. The molecule has 0 aliphatic rings. The van der Waals surface area contributed by atoms with Crippen LogP contribution in [0.1, 0.15) is 28.5 Å². The summed E-state index contributed by atoms with van der Waals surface area (Å²) in [7, 11) is 5.72. The Balaban J connectivity index is 0.00000342. The fourth-order valence-corrected chi connectivity index (χ4v) is 4.10. The lowest BCUT2D eigenvalue weighted by atomic mass is 9.96. The molecule has 0 saturated carbocycles. The van der Waals surface area contributed by atoms with E-state index in [-0.39, 0.29) is 31.4 Å². The van der Waals surface area contributed by atoms with Crippen molar-refractivity contribution in [2.75, 3.05) is 20.7 Å². The fraction of sp³-hybridized carbons (Fsp3) is 0.269. The number of nitrogens with zero attached hydrogens (tertiary/aromatic N) is 4. The van der Waals surface area contributed by atoms with Gasteiger partial charge in [0.2, 0.25) is 0 Å². The monoisotopic (exact) mass is 496 g/mol. The molecule has 0 spiro atoms. The molecule has 4 aromatic rings. The van der Waals surface area contributed by atoms with Gasteiger partial charge in [0.15, 0.2) is 0 Å². The van der Waals surface area contributed by atoms with E-state index in [0.717, 1.165) is 11.1 Å². The summed E-state index contributed by atoms with van der Waals surface area (Å²) < 4.78 is 13.3. The Morgan fingerprint density at radius 3 is 2.46 bits per heavy atom. The lowest BCUT2D eigenvalue weighted by Crippen LogP contribution is -2.13. The Morgan fingerprint density at radius 1 is 1.14 bits per heavy atom.